The van der Waals surface area contributed by atoms with Gasteiger partial charge in [0.1, 0.15) is 0 Å². The van der Waals surface area contributed by atoms with E-state index in [1.165, 1.54) is 11.8 Å². The van der Waals surface area contributed by atoms with Crippen LogP contribution in [0.2, 0.25) is 0 Å². The van der Waals surface area contributed by atoms with Crippen LogP contribution >= 0.6 is 11.8 Å². The van der Waals surface area contributed by atoms with Crippen LogP contribution in [0.5, 0.6) is 0 Å². The molecule has 1 heterocycles. The number of fused-ring (bicyclic) bond motifs is 1. The predicted octanol–water partition coefficient (Wildman–Crippen LogP) is 5.17. The SMILES string of the molecule is Cc1ccc(C(=O)CSc2nc3cc(C(=O)NC(C)C)ccc3c(=O)n2CCC(C)C)c(C)c1. The Morgan fingerprint density at radius 1 is 1.06 bits per heavy atom. The Bertz CT molecular complexity index is 1280. The van der Waals surface area contributed by atoms with E-state index in [9.17, 15) is 14.4 Å². The number of benzene rings is 2. The summed E-state index contributed by atoms with van der Waals surface area (Å²) in [7, 11) is 0. The van der Waals surface area contributed by atoms with Gasteiger partial charge in [0.05, 0.1) is 16.7 Å². The van der Waals surface area contributed by atoms with Crippen molar-refractivity contribution in [2.24, 2.45) is 5.92 Å². The van der Waals surface area contributed by atoms with E-state index < -0.39 is 0 Å². The molecule has 34 heavy (non-hydrogen) atoms. The van der Waals surface area contributed by atoms with Crippen LogP contribution in [0.3, 0.4) is 0 Å². The molecule has 0 fully saturated rings. The zero-order valence-corrected chi connectivity index (χ0v) is 21.6. The highest BCUT2D eigenvalue weighted by molar-refractivity contribution is 7.99. The number of carbonyl (C=O) groups is 2. The molecule has 0 atom stereocenters. The molecule has 0 aliphatic heterocycles. The highest BCUT2D eigenvalue weighted by Gasteiger charge is 2.17. The van der Waals surface area contributed by atoms with Crippen LogP contribution in [0.15, 0.2) is 46.3 Å². The number of nitrogens with zero attached hydrogens (tertiary/aromatic N) is 2. The standard InChI is InChI=1S/C27H33N3O3S/c1-16(2)11-12-30-26(33)22-10-8-20(25(32)28-17(3)4)14-23(22)29-27(30)34-15-24(31)21-9-7-18(5)13-19(21)6/h7-10,13-14,16-17H,11-12,15H2,1-6H3,(H,28,32). The molecule has 0 spiro atoms. The van der Waals surface area contributed by atoms with Crippen molar-refractivity contribution in [3.63, 3.8) is 0 Å². The topological polar surface area (TPSA) is 81.1 Å². The first-order valence-electron chi connectivity index (χ1n) is 11.7. The Kier molecular flexibility index (Phi) is 8.31. The lowest BCUT2D eigenvalue weighted by Crippen LogP contribution is -2.30. The van der Waals surface area contributed by atoms with E-state index >= 15 is 0 Å². The van der Waals surface area contributed by atoms with Crippen LogP contribution in [-0.4, -0.2) is 33.0 Å². The molecule has 3 rings (SSSR count). The molecular formula is C27H33N3O3S. The first-order valence-corrected chi connectivity index (χ1v) is 12.6. The van der Waals surface area contributed by atoms with E-state index in [-0.39, 0.29) is 29.0 Å². The van der Waals surface area contributed by atoms with Crippen molar-refractivity contribution in [1.82, 2.24) is 14.9 Å². The van der Waals surface area contributed by atoms with E-state index in [1.54, 1.807) is 22.8 Å². The van der Waals surface area contributed by atoms with Gasteiger partial charge in [-0.2, -0.15) is 0 Å². The van der Waals surface area contributed by atoms with E-state index in [2.05, 4.69) is 19.2 Å². The molecule has 1 aromatic heterocycles. The lowest BCUT2D eigenvalue weighted by atomic mass is 10.0. The third-order valence-corrected chi connectivity index (χ3v) is 6.52. The van der Waals surface area contributed by atoms with Crippen molar-refractivity contribution in [2.75, 3.05) is 5.75 Å². The first-order chi connectivity index (χ1) is 16.1. The highest BCUT2D eigenvalue weighted by atomic mass is 32.2. The third-order valence-electron chi connectivity index (χ3n) is 5.55. The maximum atomic E-state index is 13.4. The molecule has 0 aliphatic rings. The van der Waals surface area contributed by atoms with Crippen LogP contribution in [0.25, 0.3) is 10.9 Å². The van der Waals surface area contributed by atoms with Gasteiger partial charge in [0.25, 0.3) is 11.5 Å². The summed E-state index contributed by atoms with van der Waals surface area (Å²) in [5.74, 6) is 0.385. The second-order valence-electron chi connectivity index (χ2n) is 9.42. The van der Waals surface area contributed by atoms with Crippen LogP contribution in [0, 0.1) is 19.8 Å². The Morgan fingerprint density at radius 3 is 2.44 bits per heavy atom. The largest absolute Gasteiger partial charge is 0.350 e. The van der Waals surface area contributed by atoms with Gasteiger partial charge >= 0.3 is 0 Å². The fourth-order valence-corrected chi connectivity index (χ4v) is 4.63. The summed E-state index contributed by atoms with van der Waals surface area (Å²) in [6, 6.07) is 10.8. The average Bonchev–Trinajstić information content (AvgIpc) is 2.76. The molecule has 3 aromatic rings. The van der Waals surface area contributed by atoms with E-state index in [4.69, 9.17) is 4.98 Å². The number of thioether (sulfide) groups is 1. The van der Waals surface area contributed by atoms with Gasteiger partial charge in [-0.1, -0.05) is 49.4 Å². The van der Waals surface area contributed by atoms with Crippen LogP contribution < -0.4 is 10.9 Å². The normalized spacial score (nSPS) is 11.4. The van der Waals surface area contributed by atoms with Gasteiger partial charge in [0.2, 0.25) is 0 Å². The summed E-state index contributed by atoms with van der Waals surface area (Å²) >= 11 is 1.27. The van der Waals surface area contributed by atoms with Crippen molar-refractivity contribution >= 4 is 34.4 Å². The minimum atomic E-state index is -0.207. The number of ketones is 1. The van der Waals surface area contributed by atoms with Gasteiger partial charge in [-0.15, -0.1) is 0 Å². The molecule has 0 saturated carbocycles. The predicted molar refractivity (Wildman–Crippen MR) is 139 cm³/mol. The van der Waals surface area contributed by atoms with Crippen LogP contribution in [0.1, 0.15) is 66.0 Å². The molecule has 1 N–H and O–H groups in total. The zero-order valence-electron chi connectivity index (χ0n) is 20.8. The highest BCUT2D eigenvalue weighted by Crippen LogP contribution is 2.22. The molecule has 180 valence electrons. The molecule has 2 aromatic carbocycles. The summed E-state index contributed by atoms with van der Waals surface area (Å²) in [5.41, 5.74) is 3.50. The Morgan fingerprint density at radius 2 is 1.79 bits per heavy atom. The van der Waals surface area contributed by atoms with Crippen molar-refractivity contribution in [1.29, 1.82) is 0 Å². The van der Waals surface area contributed by atoms with Gasteiger partial charge in [-0.05, 0) is 63.8 Å². The number of aryl methyl sites for hydroxylation is 2. The van der Waals surface area contributed by atoms with E-state index in [1.807, 2.05) is 45.9 Å². The Balaban J connectivity index is 1.98. The number of aromatic nitrogens is 2. The number of hydrogen-bond acceptors (Lipinski definition) is 5. The summed E-state index contributed by atoms with van der Waals surface area (Å²) in [5, 5.41) is 3.83. The van der Waals surface area contributed by atoms with Crippen LogP contribution in [0.4, 0.5) is 0 Å². The fourth-order valence-electron chi connectivity index (χ4n) is 3.72. The Labute approximate surface area is 205 Å². The first kappa shape index (κ1) is 25.7. The van der Waals surface area contributed by atoms with Crippen molar-refractivity contribution < 1.29 is 9.59 Å². The smallest absolute Gasteiger partial charge is 0.262 e. The number of nitrogens with one attached hydrogen (secondary N) is 1. The molecule has 0 aliphatic carbocycles. The molecular weight excluding hydrogens is 446 g/mol. The van der Waals surface area contributed by atoms with Gasteiger partial charge in [-0.25, -0.2) is 4.98 Å². The number of Topliss-reactive ketones (excluding diaryl/α,β-unsaturated/α-hetero) is 1. The maximum Gasteiger partial charge on any atom is 0.262 e. The van der Waals surface area contributed by atoms with E-state index in [0.29, 0.717) is 39.6 Å². The van der Waals surface area contributed by atoms with Crippen LogP contribution in [-0.2, 0) is 6.54 Å². The molecule has 0 radical (unpaired) electrons. The molecule has 7 heteroatoms. The van der Waals surface area contributed by atoms with Gasteiger partial charge < -0.3 is 5.32 Å². The Hall–Kier alpha value is -2.93. The molecule has 0 bridgehead atoms. The number of carbonyl (C=O) groups excluding carboxylic acids is 2. The average molecular weight is 480 g/mol. The summed E-state index contributed by atoms with van der Waals surface area (Å²) in [6.45, 7) is 12.5. The number of amides is 1. The fraction of sp³-hybridized carbons (Fsp3) is 0.407. The van der Waals surface area contributed by atoms with Crippen molar-refractivity contribution in [3.8, 4) is 0 Å². The zero-order chi connectivity index (χ0) is 25.0. The summed E-state index contributed by atoms with van der Waals surface area (Å²) in [6.07, 6.45) is 0.820. The monoisotopic (exact) mass is 479 g/mol. The second-order valence-corrected chi connectivity index (χ2v) is 10.4. The number of rotatable bonds is 9. The van der Waals surface area contributed by atoms with Gasteiger partial charge in [0, 0.05) is 23.7 Å². The van der Waals surface area contributed by atoms with Crippen molar-refractivity contribution in [3.05, 3.63) is 69.0 Å². The molecule has 6 nitrogen and oxygen atoms in total. The van der Waals surface area contributed by atoms with Gasteiger partial charge in [-0.3, -0.25) is 19.0 Å². The number of hydrogen-bond donors (Lipinski definition) is 1. The minimum Gasteiger partial charge on any atom is -0.350 e. The lowest BCUT2D eigenvalue weighted by Gasteiger charge is -2.15. The van der Waals surface area contributed by atoms with Gasteiger partial charge in [0.15, 0.2) is 10.9 Å². The lowest BCUT2D eigenvalue weighted by molar-refractivity contribution is 0.0942. The summed E-state index contributed by atoms with van der Waals surface area (Å²) in [4.78, 5) is 43.5. The third kappa shape index (κ3) is 6.14. The quantitative estimate of drug-likeness (QED) is 0.260. The molecule has 0 saturated heterocycles. The van der Waals surface area contributed by atoms with E-state index in [0.717, 1.165) is 17.5 Å². The molecule has 1 amide bonds. The molecule has 0 unspecified atom stereocenters. The second kappa shape index (κ2) is 11.0. The summed E-state index contributed by atoms with van der Waals surface area (Å²) < 4.78 is 1.66. The van der Waals surface area contributed by atoms with Crippen molar-refractivity contribution in [2.45, 2.75) is 65.7 Å². The minimum absolute atomic E-state index is 0.00236. The maximum absolute atomic E-state index is 13.4.